The second-order valence-electron chi connectivity index (χ2n) is 8.07. The molecule has 0 aliphatic carbocycles. The lowest BCUT2D eigenvalue weighted by Crippen LogP contribution is -2.08. The van der Waals surface area contributed by atoms with Crippen LogP contribution in [0.1, 0.15) is 36.5 Å². The van der Waals surface area contributed by atoms with Crippen LogP contribution in [0, 0.1) is 17.0 Å². The van der Waals surface area contributed by atoms with Gasteiger partial charge in [-0.05, 0) is 59.9 Å². The van der Waals surface area contributed by atoms with E-state index < -0.39 is 4.92 Å². The van der Waals surface area contributed by atoms with Crippen LogP contribution in [0.3, 0.4) is 0 Å². The Bertz CT molecular complexity index is 1370. The smallest absolute Gasteiger partial charge is 0.270 e. The highest BCUT2D eigenvalue weighted by molar-refractivity contribution is 6.03. The fourth-order valence-corrected chi connectivity index (χ4v) is 3.40. The molecule has 0 bridgehead atoms. The molecular weight excluding hydrogens is 418 g/mol. The van der Waals surface area contributed by atoms with Crippen LogP contribution < -0.4 is 5.32 Å². The number of benzene rings is 3. The number of carbonyl (C=O) groups is 1. The maximum atomic E-state index is 12.4. The Morgan fingerprint density at radius 3 is 2.42 bits per heavy atom. The largest absolute Gasteiger partial charge is 0.322 e. The van der Waals surface area contributed by atoms with Crippen molar-refractivity contribution >= 4 is 34.4 Å². The number of nitrogens with one attached hydrogen (secondary N) is 1. The standard InChI is InChI=1S/C25H23N5O3/c1-16(2)19-8-10-20(11-9-19)29-27-23-13-17(3)22(15-24(23)28-29)26-25(31)12-7-18-5-4-6-21(14-18)30(32)33/h4-16H,1-3H3,(H,26,31)/b12-7+. The molecule has 3 aromatic carbocycles. The zero-order chi connectivity index (χ0) is 23.5. The number of nitrogens with zero attached hydrogens (tertiary/aromatic N) is 4. The summed E-state index contributed by atoms with van der Waals surface area (Å²) in [6.07, 6.45) is 2.88. The summed E-state index contributed by atoms with van der Waals surface area (Å²) in [5, 5.41) is 22.9. The molecule has 0 aliphatic heterocycles. The van der Waals surface area contributed by atoms with E-state index in [-0.39, 0.29) is 11.6 Å². The molecular formula is C25H23N5O3. The number of carbonyl (C=O) groups excluding carboxylic acids is 1. The highest BCUT2D eigenvalue weighted by atomic mass is 16.6. The minimum absolute atomic E-state index is 0.0270. The van der Waals surface area contributed by atoms with Crippen LogP contribution in [0.25, 0.3) is 22.8 Å². The van der Waals surface area contributed by atoms with Gasteiger partial charge in [-0.2, -0.15) is 4.80 Å². The number of nitro groups is 1. The van der Waals surface area contributed by atoms with Crippen LogP contribution in [-0.4, -0.2) is 25.8 Å². The molecule has 0 radical (unpaired) electrons. The van der Waals surface area contributed by atoms with Crippen LogP contribution in [0.4, 0.5) is 11.4 Å². The lowest BCUT2D eigenvalue weighted by atomic mass is 10.0. The topological polar surface area (TPSA) is 103 Å². The number of hydrogen-bond donors (Lipinski definition) is 1. The minimum Gasteiger partial charge on any atom is -0.322 e. The second-order valence-corrected chi connectivity index (χ2v) is 8.07. The first kappa shape index (κ1) is 21.9. The first-order valence-corrected chi connectivity index (χ1v) is 10.5. The quantitative estimate of drug-likeness (QED) is 0.245. The number of aromatic nitrogens is 3. The number of fused-ring (bicyclic) bond motifs is 1. The normalized spacial score (nSPS) is 11.4. The molecule has 1 N–H and O–H groups in total. The van der Waals surface area contributed by atoms with Crippen molar-refractivity contribution in [3.8, 4) is 5.69 Å². The third-order valence-electron chi connectivity index (χ3n) is 5.28. The van der Waals surface area contributed by atoms with Gasteiger partial charge < -0.3 is 5.32 Å². The van der Waals surface area contributed by atoms with Crippen molar-refractivity contribution in [2.75, 3.05) is 5.32 Å². The van der Waals surface area contributed by atoms with E-state index in [0.29, 0.717) is 22.7 Å². The number of non-ortho nitro benzene ring substituents is 1. The van der Waals surface area contributed by atoms with Gasteiger partial charge >= 0.3 is 0 Å². The van der Waals surface area contributed by atoms with E-state index in [1.807, 2.05) is 25.1 Å². The molecule has 0 saturated carbocycles. The molecule has 0 atom stereocenters. The molecule has 1 amide bonds. The van der Waals surface area contributed by atoms with Gasteiger partial charge in [0.05, 0.1) is 10.6 Å². The van der Waals surface area contributed by atoms with Crippen molar-refractivity contribution in [2.24, 2.45) is 0 Å². The molecule has 8 heteroatoms. The average molecular weight is 441 g/mol. The van der Waals surface area contributed by atoms with Gasteiger partial charge in [0.25, 0.3) is 5.69 Å². The van der Waals surface area contributed by atoms with Gasteiger partial charge in [-0.3, -0.25) is 14.9 Å². The van der Waals surface area contributed by atoms with Crippen molar-refractivity contribution in [3.63, 3.8) is 0 Å². The zero-order valence-corrected chi connectivity index (χ0v) is 18.5. The van der Waals surface area contributed by atoms with Gasteiger partial charge in [-0.15, -0.1) is 10.2 Å². The van der Waals surface area contributed by atoms with Gasteiger partial charge in [0.15, 0.2) is 0 Å². The molecule has 4 aromatic rings. The van der Waals surface area contributed by atoms with Crippen LogP contribution >= 0.6 is 0 Å². The Labute approximate surface area is 190 Å². The predicted molar refractivity (Wildman–Crippen MR) is 128 cm³/mol. The zero-order valence-electron chi connectivity index (χ0n) is 18.5. The molecule has 0 spiro atoms. The van der Waals surface area contributed by atoms with E-state index in [0.717, 1.165) is 16.8 Å². The maximum Gasteiger partial charge on any atom is 0.270 e. The van der Waals surface area contributed by atoms with Crippen LogP contribution in [0.15, 0.2) is 66.7 Å². The van der Waals surface area contributed by atoms with Crippen LogP contribution in [0.5, 0.6) is 0 Å². The molecule has 0 fully saturated rings. The summed E-state index contributed by atoms with van der Waals surface area (Å²) in [7, 11) is 0. The number of amides is 1. The van der Waals surface area contributed by atoms with Crippen molar-refractivity contribution in [1.29, 1.82) is 0 Å². The summed E-state index contributed by atoms with van der Waals surface area (Å²) < 4.78 is 0. The van der Waals surface area contributed by atoms with Crippen LogP contribution in [0.2, 0.25) is 0 Å². The molecule has 166 valence electrons. The molecule has 0 saturated heterocycles. The highest BCUT2D eigenvalue weighted by Crippen LogP contribution is 2.23. The van der Waals surface area contributed by atoms with Gasteiger partial charge in [0.2, 0.25) is 5.91 Å². The molecule has 0 aliphatic rings. The first-order valence-electron chi connectivity index (χ1n) is 10.5. The Morgan fingerprint density at radius 1 is 1.06 bits per heavy atom. The lowest BCUT2D eigenvalue weighted by molar-refractivity contribution is -0.384. The Hall–Kier alpha value is -4.33. The summed E-state index contributed by atoms with van der Waals surface area (Å²) >= 11 is 0. The third-order valence-corrected chi connectivity index (χ3v) is 5.28. The van der Waals surface area contributed by atoms with Crippen LogP contribution in [-0.2, 0) is 4.79 Å². The first-order chi connectivity index (χ1) is 15.8. The summed E-state index contributed by atoms with van der Waals surface area (Å²) in [6.45, 7) is 6.18. The summed E-state index contributed by atoms with van der Waals surface area (Å²) in [6, 6.07) is 17.9. The van der Waals surface area contributed by atoms with E-state index in [2.05, 4.69) is 41.5 Å². The summed E-state index contributed by atoms with van der Waals surface area (Å²) in [5.41, 5.74) is 5.50. The molecule has 1 aromatic heterocycles. The van der Waals surface area contributed by atoms with Gasteiger partial charge in [-0.25, -0.2) is 0 Å². The van der Waals surface area contributed by atoms with E-state index in [4.69, 9.17) is 0 Å². The number of anilines is 1. The van der Waals surface area contributed by atoms with Crippen molar-refractivity contribution in [2.45, 2.75) is 26.7 Å². The molecule has 0 unspecified atom stereocenters. The molecule has 4 rings (SSSR count). The Morgan fingerprint density at radius 2 is 1.76 bits per heavy atom. The number of rotatable bonds is 6. The Kier molecular flexibility index (Phi) is 5.99. The van der Waals surface area contributed by atoms with Gasteiger partial charge in [0.1, 0.15) is 11.0 Å². The SMILES string of the molecule is Cc1cc2nn(-c3ccc(C(C)C)cc3)nc2cc1NC(=O)/C=C/c1cccc([N+](=O)[O-])c1. The summed E-state index contributed by atoms with van der Waals surface area (Å²) in [4.78, 5) is 24.4. The van der Waals surface area contributed by atoms with Gasteiger partial charge in [-0.1, -0.05) is 38.1 Å². The van der Waals surface area contributed by atoms with Crippen molar-refractivity contribution in [3.05, 3.63) is 93.5 Å². The van der Waals surface area contributed by atoms with E-state index in [9.17, 15) is 14.9 Å². The average Bonchev–Trinajstić information content (AvgIpc) is 3.21. The fourth-order valence-electron chi connectivity index (χ4n) is 3.40. The molecule has 33 heavy (non-hydrogen) atoms. The van der Waals surface area contributed by atoms with E-state index in [1.165, 1.54) is 29.8 Å². The number of aryl methyl sites for hydroxylation is 1. The third kappa shape index (κ3) is 4.95. The molecule has 1 heterocycles. The van der Waals surface area contributed by atoms with E-state index in [1.54, 1.807) is 23.0 Å². The highest BCUT2D eigenvalue weighted by Gasteiger charge is 2.11. The monoisotopic (exact) mass is 441 g/mol. The van der Waals surface area contributed by atoms with E-state index >= 15 is 0 Å². The fraction of sp³-hybridized carbons (Fsp3) is 0.160. The summed E-state index contributed by atoms with van der Waals surface area (Å²) in [5.74, 6) is 0.101. The molecule has 8 nitrogen and oxygen atoms in total. The second kappa shape index (κ2) is 9.04. The minimum atomic E-state index is -0.470. The van der Waals surface area contributed by atoms with Crippen molar-refractivity contribution in [1.82, 2.24) is 15.0 Å². The maximum absolute atomic E-state index is 12.4. The number of hydrogen-bond acceptors (Lipinski definition) is 5. The Balaban J connectivity index is 1.53. The van der Waals surface area contributed by atoms with Crippen molar-refractivity contribution < 1.29 is 9.72 Å². The number of nitro benzene ring substituents is 1. The lowest BCUT2D eigenvalue weighted by Gasteiger charge is -2.05. The van der Waals surface area contributed by atoms with Gasteiger partial charge in [0, 0.05) is 23.9 Å². The predicted octanol–water partition coefficient (Wildman–Crippen LogP) is 5.41.